The third-order valence-corrected chi connectivity index (χ3v) is 3.03. The Bertz CT molecular complexity index is 567. The van der Waals surface area contributed by atoms with Gasteiger partial charge in [0.1, 0.15) is 11.6 Å². The van der Waals surface area contributed by atoms with Gasteiger partial charge in [-0.3, -0.25) is 0 Å². The number of nitrogens with zero attached hydrogens (tertiary/aromatic N) is 1. The summed E-state index contributed by atoms with van der Waals surface area (Å²) in [6, 6.07) is 10.4. The van der Waals surface area contributed by atoms with Crippen LogP contribution < -0.4 is 4.90 Å². The average molecular weight is 263 g/mol. The summed E-state index contributed by atoms with van der Waals surface area (Å²) in [5, 5.41) is 9.40. The molecule has 0 aliphatic rings. The molecule has 2 aromatic carbocycles. The normalized spacial score (nSPS) is 12.3. The molecule has 0 unspecified atom stereocenters. The van der Waals surface area contributed by atoms with Gasteiger partial charge < -0.3 is 10.0 Å². The molecule has 0 amide bonds. The predicted molar refractivity (Wildman–Crippen MR) is 71.5 cm³/mol. The first kappa shape index (κ1) is 13.5. The van der Waals surface area contributed by atoms with Crippen molar-refractivity contribution in [3.63, 3.8) is 0 Å². The van der Waals surface area contributed by atoms with E-state index in [4.69, 9.17) is 0 Å². The third-order valence-electron chi connectivity index (χ3n) is 3.03. The number of aliphatic hydroxyl groups is 1. The number of benzene rings is 2. The first-order chi connectivity index (χ1) is 8.99. The highest BCUT2D eigenvalue weighted by Crippen LogP contribution is 2.28. The Kier molecular flexibility index (Phi) is 3.81. The van der Waals surface area contributed by atoms with Crippen LogP contribution >= 0.6 is 0 Å². The van der Waals surface area contributed by atoms with E-state index in [-0.39, 0.29) is 5.82 Å². The van der Waals surface area contributed by atoms with Crippen molar-refractivity contribution < 1.29 is 13.9 Å². The molecular formula is C15H15F2NO. The fourth-order valence-electron chi connectivity index (χ4n) is 1.86. The Morgan fingerprint density at radius 2 is 1.68 bits per heavy atom. The highest BCUT2D eigenvalue weighted by atomic mass is 19.1. The number of aliphatic hydroxyl groups excluding tert-OH is 1. The van der Waals surface area contributed by atoms with Crippen molar-refractivity contribution in [2.75, 3.05) is 11.9 Å². The van der Waals surface area contributed by atoms with Crippen LogP contribution in [0.25, 0.3) is 0 Å². The van der Waals surface area contributed by atoms with Crippen LogP contribution in [0.3, 0.4) is 0 Å². The maximum absolute atomic E-state index is 14.0. The maximum atomic E-state index is 14.0. The lowest BCUT2D eigenvalue weighted by atomic mass is 10.1. The van der Waals surface area contributed by atoms with E-state index in [2.05, 4.69) is 0 Å². The highest BCUT2D eigenvalue weighted by molar-refractivity contribution is 5.63. The molecule has 4 heteroatoms. The van der Waals surface area contributed by atoms with E-state index in [0.717, 1.165) is 0 Å². The minimum atomic E-state index is -0.709. The Hall–Kier alpha value is -1.94. The quantitative estimate of drug-likeness (QED) is 0.910. The Morgan fingerprint density at radius 1 is 1.05 bits per heavy atom. The molecule has 100 valence electrons. The lowest BCUT2D eigenvalue weighted by Gasteiger charge is -2.21. The summed E-state index contributed by atoms with van der Waals surface area (Å²) in [7, 11) is 1.70. The molecule has 19 heavy (non-hydrogen) atoms. The van der Waals surface area contributed by atoms with Crippen LogP contribution in [0.5, 0.6) is 0 Å². The van der Waals surface area contributed by atoms with Crippen molar-refractivity contribution in [2.24, 2.45) is 0 Å². The molecule has 0 heterocycles. The Labute approximate surface area is 110 Å². The predicted octanol–water partition coefficient (Wildman–Crippen LogP) is 3.79. The van der Waals surface area contributed by atoms with Gasteiger partial charge in [-0.2, -0.15) is 0 Å². The first-order valence-corrected chi connectivity index (χ1v) is 5.96. The van der Waals surface area contributed by atoms with Crippen molar-refractivity contribution in [1.29, 1.82) is 0 Å². The molecule has 0 saturated heterocycles. The van der Waals surface area contributed by atoms with Crippen LogP contribution in [0.2, 0.25) is 0 Å². The van der Waals surface area contributed by atoms with Gasteiger partial charge >= 0.3 is 0 Å². The molecule has 0 fully saturated rings. The van der Waals surface area contributed by atoms with Crippen LogP contribution in [0.1, 0.15) is 18.6 Å². The molecule has 0 spiro atoms. The SMILES string of the molecule is C[C@H](O)c1ccc(N(C)c2ccc(F)cc2)c(F)c1. The van der Waals surface area contributed by atoms with Crippen LogP contribution in [0.15, 0.2) is 42.5 Å². The van der Waals surface area contributed by atoms with Gasteiger partial charge in [0.05, 0.1) is 11.8 Å². The van der Waals surface area contributed by atoms with Gasteiger partial charge in [0.25, 0.3) is 0 Å². The van der Waals surface area contributed by atoms with Crippen molar-refractivity contribution in [1.82, 2.24) is 0 Å². The second kappa shape index (κ2) is 5.36. The number of hydrogen-bond donors (Lipinski definition) is 1. The summed E-state index contributed by atoms with van der Waals surface area (Å²) in [6.07, 6.45) is -0.709. The second-order valence-corrected chi connectivity index (χ2v) is 4.42. The molecule has 1 atom stereocenters. The van der Waals surface area contributed by atoms with Crippen molar-refractivity contribution in [2.45, 2.75) is 13.0 Å². The largest absolute Gasteiger partial charge is 0.389 e. The zero-order valence-electron chi connectivity index (χ0n) is 10.8. The van der Waals surface area contributed by atoms with Crippen LogP contribution in [0, 0.1) is 11.6 Å². The van der Waals surface area contributed by atoms with Crippen molar-refractivity contribution >= 4 is 11.4 Å². The zero-order chi connectivity index (χ0) is 14.0. The van der Waals surface area contributed by atoms with Gasteiger partial charge in [0, 0.05) is 12.7 Å². The molecule has 0 aliphatic carbocycles. The van der Waals surface area contributed by atoms with Gasteiger partial charge in [0.2, 0.25) is 0 Å². The Balaban J connectivity index is 2.33. The molecule has 2 aromatic rings. The van der Waals surface area contributed by atoms with Crippen molar-refractivity contribution in [3.05, 3.63) is 59.7 Å². The van der Waals surface area contributed by atoms with E-state index in [1.165, 1.54) is 18.2 Å². The van der Waals surface area contributed by atoms with Gasteiger partial charge in [-0.1, -0.05) is 6.07 Å². The lowest BCUT2D eigenvalue weighted by molar-refractivity contribution is 0.199. The standard InChI is InChI=1S/C15H15F2NO/c1-10(19)11-3-8-15(14(17)9-11)18(2)13-6-4-12(16)5-7-13/h3-10,19H,1-2H3/t10-/m0/s1. The molecule has 0 radical (unpaired) electrons. The molecule has 2 rings (SSSR count). The number of rotatable bonds is 3. The van der Waals surface area contributed by atoms with Crippen LogP contribution in [-0.2, 0) is 0 Å². The maximum Gasteiger partial charge on any atom is 0.147 e. The number of anilines is 2. The average Bonchev–Trinajstić information content (AvgIpc) is 2.38. The monoisotopic (exact) mass is 263 g/mol. The van der Waals surface area contributed by atoms with E-state index in [0.29, 0.717) is 16.9 Å². The fraction of sp³-hybridized carbons (Fsp3) is 0.200. The van der Waals surface area contributed by atoms with E-state index < -0.39 is 11.9 Å². The van der Waals surface area contributed by atoms with Gasteiger partial charge in [-0.15, -0.1) is 0 Å². The molecule has 0 aromatic heterocycles. The molecule has 1 N–H and O–H groups in total. The smallest absolute Gasteiger partial charge is 0.147 e. The molecular weight excluding hydrogens is 248 g/mol. The van der Waals surface area contributed by atoms with Gasteiger partial charge in [-0.25, -0.2) is 8.78 Å². The van der Waals surface area contributed by atoms with Crippen LogP contribution in [-0.4, -0.2) is 12.2 Å². The fourth-order valence-corrected chi connectivity index (χ4v) is 1.86. The minimum absolute atomic E-state index is 0.331. The summed E-state index contributed by atoms with van der Waals surface area (Å²) >= 11 is 0. The third kappa shape index (κ3) is 2.90. The summed E-state index contributed by atoms with van der Waals surface area (Å²) in [5.74, 6) is -0.757. The van der Waals surface area contributed by atoms with E-state index >= 15 is 0 Å². The number of halogens is 2. The molecule has 0 aliphatic heterocycles. The summed E-state index contributed by atoms with van der Waals surface area (Å²) < 4.78 is 26.9. The zero-order valence-corrected chi connectivity index (χ0v) is 10.8. The molecule has 2 nitrogen and oxygen atoms in total. The summed E-state index contributed by atoms with van der Waals surface area (Å²) in [5.41, 5.74) is 1.58. The van der Waals surface area contributed by atoms with Gasteiger partial charge in [-0.05, 0) is 48.9 Å². The van der Waals surface area contributed by atoms with E-state index in [1.807, 2.05) is 0 Å². The van der Waals surface area contributed by atoms with E-state index in [1.54, 1.807) is 43.1 Å². The van der Waals surface area contributed by atoms with E-state index in [9.17, 15) is 13.9 Å². The lowest BCUT2D eigenvalue weighted by Crippen LogP contribution is -2.11. The summed E-state index contributed by atoms with van der Waals surface area (Å²) in [4.78, 5) is 1.63. The molecule has 0 bridgehead atoms. The van der Waals surface area contributed by atoms with Crippen molar-refractivity contribution in [3.8, 4) is 0 Å². The van der Waals surface area contributed by atoms with Gasteiger partial charge in [0.15, 0.2) is 0 Å². The van der Waals surface area contributed by atoms with Crippen LogP contribution in [0.4, 0.5) is 20.2 Å². The second-order valence-electron chi connectivity index (χ2n) is 4.42. The first-order valence-electron chi connectivity index (χ1n) is 5.96. The summed E-state index contributed by atoms with van der Waals surface area (Å²) in [6.45, 7) is 1.58. The number of hydrogen-bond acceptors (Lipinski definition) is 2. The highest BCUT2D eigenvalue weighted by Gasteiger charge is 2.11. The minimum Gasteiger partial charge on any atom is -0.389 e. The molecule has 0 saturated carbocycles. The topological polar surface area (TPSA) is 23.5 Å². The Morgan fingerprint density at radius 3 is 2.21 bits per heavy atom.